The average molecular weight is 312 g/mol. The largest absolute Gasteiger partial charge is 0.389 e. The molecule has 0 fully saturated rings. The van der Waals surface area contributed by atoms with Gasteiger partial charge >= 0.3 is 6.18 Å². The molecule has 0 aliphatic carbocycles. The molecular formula is C16H19F3N2O. The van der Waals surface area contributed by atoms with E-state index in [1.807, 2.05) is 6.92 Å². The lowest BCUT2D eigenvalue weighted by atomic mass is 9.94. The Morgan fingerprint density at radius 3 is 2.59 bits per heavy atom. The summed E-state index contributed by atoms with van der Waals surface area (Å²) in [4.78, 5) is 16.6. The Balaban J connectivity index is 2.52. The molecule has 0 radical (unpaired) electrons. The van der Waals surface area contributed by atoms with E-state index in [4.69, 9.17) is 0 Å². The van der Waals surface area contributed by atoms with Crippen LogP contribution in [0.15, 0.2) is 29.1 Å². The second kappa shape index (κ2) is 6.50. The Kier molecular flexibility index (Phi) is 4.88. The summed E-state index contributed by atoms with van der Waals surface area (Å²) in [5.74, 6) is -0.886. The Morgan fingerprint density at radius 2 is 1.95 bits per heavy atom. The van der Waals surface area contributed by atoms with Crippen molar-refractivity contribution in [3.05, 3.63) is 40.3 Å². The maximum Gasteiger partial charge on any atom is 0.389 e. The van der Waals surface area contributed by atoms with E-state index >= 15 is 0 Å². The molecule has 120 valence electrons. The minimum atomic E-state index is -4.31. The van der Waals surface area contributed by atoms with E-state index in [0.717, 1.165) is 6.42 Å². The van der Waals surface area contributed by atoms with Crippen LogP contribution in [0.5, 0.6) is 0 Å². The zero-order valence-corrected chi connectivity index (χ0v) is 12.7. The van der Waals surface area contributed by atoms with Crippen LogP contribution in [0.2, 0.25) is 0 Å². The third-order valence-corrected chi connectivity index (χ3v) is 3.78. The smallest absolute Gasteiger partial charge is 0.308 e. The van der Waals surface area contributed by atoms with E-state index in [1.165, 1.54) is 4.57 Å². The van der Waals surface area contributed by atoms with Crippen molar-refractivity contribution in [1.82, 2.24) is 9.55 Å². The lowest BCUT2D eigenvalue weighted by Gasteiger charge is -2.19. The topological polar surface area (TPSA) is 34.9 Å². The van der Waals surface area contributed by atoms with E-state index in [0.29, 0.717) is 23.9 Å². The first kappa shape index (κ1) is 16.5. The number of fused-ring (bicyclic) bond motifs is 1. The van der Waals surface area contributed by atoms with Crippen LogP contribution in [-0.4, -0.2) is 15.7 Å². The molecule has 1 unspecified atom stereocenters. The summed E-state index contributed by atoms with van der Waals surface area (Å²) in [6.45, 7) is 1.91. The number of benzene rings is 1. The second-order valence-electron chi connectivity index (χ2n) is 5.51. The molecule has 1 aromatic carbocycles. The van der Waals surface area contributed by atoms with Crippen molar-refractivity contribution in [1.29, 1.82) is 0 Å². The van der Waals surface area contributed by atoms with Gasteiger partial charge in [-0.15, -0.1) is 0 Å². The van der Waals surface area contributed by atoms with Gasteiger partial charge in [0.25, 0.3) is 5.56 Å². The normalized spacial score (nSPS) is 13.5. The van der Waals surface area contributed by atoms with Crippen LogP contribution < -0.4 is 5.56 Å². The van der Waals surface area contributed by atoms with Crippen molar-refractivity contribution in [2.24, 2.45) is 7.05 Å². The number of para-hydroxylation sites is 2. The van der Waals surface area contributed by atoms with Crippen LogP contribution in [0.4, 0.5) is 13.2 Å². The highest BCUT2D eigenvalue weighted by atomic mass is 19.4. The summed E-state index contributed by atoms with van der Waals surface area (Å²) in [6.07, 6.45) is -3.58. The number of alkyl halides is 3. The van der Waals surface area contributed by atoms with E-state index in [2.05, 4.69) is 4.98 Å². The first-order valence-electron chi connectivity index (χ1n) is 7.36. The molecule has 22 heavy (non-hydrogen) atoms. The summed E-state index contributed by atoms with van der Waals surface area (Å²) in [5.41, 5.74) is 0.747. The summed E-state index contributed by atoms with van der Waals surface area (Å²) in [5, 5.41) is 0. The summed E-state index contributed by atoms with van der Waals surface area (Å²) in [7, 11) is 1.57. The monoisotopic (exact) mass is 312 g/mol. The predicted octanol–water partition coefficient (Wildman–Crippen LogP) is 4.16. The highest BCUT2D eigenvalue weighted by Crippen LogP contribution is 2.33. The molecule has 1 heterocycles. The first-order chi connectivity index (χ1) is 10.3. The van der Waals surface area contributed by atoms with E-state index in [1.54, 1.807) is 31.3 Å². The van der Waals surface area contributed by atoms with Crippen molar-refractivity contribution >= 4 is 11.0 Å². The second-order valence-corrected chi connectivity index (χ2v) is 5.51. The van der Waals surface area contributed by atoms with Gasteiger partial charge in [-0.2, -0.15) is 13.2 Å². The van der Waals surface area contributed by atoms with Crippen molar-refractivity contribution in [3.8, 4) is 0 Å². The molecule has 0 spiro atoms. The molecule has 0 saturated heterocycles. The minimum absolute atomic E-state index is 0.0203. The molecule has 2 rings (SSSR count). The number of hydrogen-bond acceptors (Lipinski definition) is 2. The SMILES string of the molecule is CCCCC(CC(F)(F)F)c1nc2ccccc2n(C)c1=O. The molecule has 6 heteroatoms. The van der Waals surface area contributed by atoms with Crippen LogP contribution >= 0.6 is 0 Å². The number of aryl methyl sites for hydroxylation is 1. The number of nitrogens with zero attached hydrogens (tertiary/aromatic N) is 2. The van der Waals surface area contributed by atoms with Crippen LogP contribution in [0.1, 0.15) is 44.2 Å². The molecule has 3 nitrogen and oxygen atoms in total. The van der Waals surface area contributed by atoms with E-state index in [9.17, 15) is 18.0 Å². The predicted molar refractivity (Wildman–Crippen MR) is 79.9 cm³/mol. The van der Waals surface area contributed by atoms with Gasteiger partial charge in [0.1, 0.15) is 5.69 Å². The molecule has 0 bridgehead atoms. The highest BCUT2D eigenvalue weighted by molar-refractivity contribution is 5.74. The Labute approximate surface area is 126 Å². The number of aromatic nitrogens is 2. The van der Waals surface area contributed by atoms with Gasteiger partial charge < -0.3 is 4.57 Å². The average Bonchev–Trinajstić information content (AvgIpc) is 2.46. The number of unbranched alkanes of at least 4 members (excludes halogenated alkanes) is 1. The number of hydrogen-bond donors (Lipinski definition) is 0. The Bertz CT molecular complexity index is 707. The van der Waals surface area contributed by atoms with Crippen LogP contribution in [0.3, 0.4) is 0 Å². The summed E-state index contributed by atoms with van der Waals surface area (Å²) < 4.78 is 39.9. The molecule has 0 aliphatic heterocycles. The molecule has 1 atom stereocenters. The number of halogens is 3. The molecule has 0 N–H and O–H groups in total. The lowest BCUT2D eigenvalue weighted by Crippen LogP contribution is -2.27. The molecule has 0 saturated carbocycles. The minimum Gasteiger partial charge on any atom is -0.308 e. The van der Waals surface area contributed by atoms with Crippen molar-refractivity contribution < 1.29 is 13.2 Å². The fourth-order valence-corrected chi connectivity index (χ4v) is 2.63. The molecule has 2 aromatic rings. The highest BCUT2D eigenvalue weighted by Gasteiger charge is 2.34. The van der Waals surface area contributed by atoms with E-state index < -0.39 is 24.1 Å². The first-order valence-corrected chi connectivity index (χ1v) is 7.36. The molecule has 0 amide bonds. The third kappa shape index (κ3) is 3.67. The van der Waals surface area contributed by atoms with Gasteiger partial charge in [-0.05, 0) is 18.6 Å². The molecular weight excluding hydrogens is 293 g/mol. The fraction of sp³-hybridized carbons (Fsp3) is 0.500. The van der Waals surface area contributed by atoms with Gasteiger partial charge in [0, 0.05) is 13.0 Å². The van der Waals surface area contributed by atoms with Crippen molar-refractivity contribution in [2.75, 3.05) is 0 Å². The lowest BCUT2D eigenvalue weighted by molar-refractivity contribution is -0.139. The quantitative estimate of drug-likeness (QED) is 0.831. The zero-order valence-electron chi connectivity index (χ0n) is 12.7. The Hall–Kier alpha value is -1.85. The van der Waals surface area contributed by atoms with Gasteiger partial charge in [0.05, 0.1) is 17.5 Å². The van der Waals surface area contributed by atoms with Crippen molar-refractivity contribution in [3.63, 3.8) is 0 Å². The zero-order chi connectivity index (χ0) is 16.3. The van der Waals surface area contributed by atoms with Gasteiger partial charge in [-0.1, -0.05) is 31.9 Å². The van der Waals surface area contributed by atoms with Gasteiger partial charge in [-0.3, -0.25) is 4.79 Å². The molecule has 1 aromatic heterocycles. The summed E-state index contributed by atoms with van der Waals surface area (Å²) in [6, 6.07) is 6.98. The van der Waals surface area contributed by atoms with Crippen LogP contribution in [-0.2, 0) is 7.05 Å². The maximum absolute atomic E-state index is 12.8. The van der Waals surface area contributed by atoms with E-state index in [-0.39, 0.29) is 5.69 Å². The standard InChI is InChI=1S/C16H19F3N2O/c1-3-4-7-11(10-16(17,18)19)14-15(22)21(2)13-9-6-5-8-12(13)20-14/h5-6,8-9,11H,3-4,7,10H2,1-2H3. The maximum atomic E-state index is 12.8. The fourth-order valence-electron chi connectivity index (χ4n) is 2.63. The summed E-state index contributed by atoms with van der Waals surface area (Å²) >= 11 is 0. The van der Waals surface area contributed by atoms with Crippen molar-refractivity contribution in [2.45, 2.75) is 44.7 Å². The van der Waals surface area contributed by atoms with Gasteiger partial charge in [0.2, 0.25) is 0 Å². The van der Waals surface area contributed by atoms with Crippen LogP contribution in [0, 0.1) is 0 Å². The Morgan fingerprint density at radius 1 is 1.27 bits per heavy atom. The molecule has 0 aliphatic rings. The van der Waals surface area contributed by atoms with Crippen LogP contribution in [0.25, 0.3) is 11.0 Å². The third-order valence-electron chi connectivity index (χ3n) is 3.78. The van der Waals surface area contributed by atoms with Gasteiger partial charge in [-0.25, -0.2) is 4.98 Å². The number of rotatable bonds is 5. The van der Waals surface area contributed by atoms with Gasteiger partial charge in [0.15, 0.2) is 0 Å².